The molecular formula is C14H21N3. The molecule has 0 radical (unpaired) electrons. The van der Waals surface area contributed by atoms with Crippen molar-refractivity contribution in [2.45, 2.75) is 46.1 Å². The molecule has 0 spiro atoms. The van der Waals surface area contributed by atoms with Crippen molar-refractivity contribution in [2.24, 2.45) is 0 Å². The van der Waals surface area contributed by atoms with E-state index in [1.807, 2.05) is 12.1 Å². The molecular weight excluding hydrogens is 210 g/mol. The van der Waals surface area contributed by atoms with Crippen LogP contribution in [-0.4, -0.2) is 17.6 Å². The maximum atomic E-state index is 8.88. The van der Waals surface area contributed by atoms with Gasteiger partial charge in [-0.25, -0.2) is 4.98 Å². The van der Waals surface area contributed by atoms with Gasteiger partial charge in [-0.3, -0.25) is 0 Å². The Balaban J connectivity index is 2.91. The summed E-state index contributed by atoms with van der Waals surface area (Å²) < 4.78 is 0. The number of nitriles is 1. The van der Waals surface area contributed by atoms with Crippen LogP contribution in [0.25, 0.3) is 0 Å². The van der Waals surface area contributed by atoms with Crippen molar-refractivity contribution in [2.75, 3.05) is 11.4 Å². The summed E-state index contributed by atoms with van der Waals surface area (Å²) in [7, 11) is 0. The molecule has 0 aromatic carbocycles. The van der Waals surface area contributed by atoms with Gasteiger partial charge in [0.05, 0.1) is 0 Å². The van der Waals surface area contributed by atoms with E-state index in [4.69, 9.17) is 5.26 Å². The first-order valence-electron chi connectivity index (χ1n) is 6.36. The van der Waals surface area contributed by atoms with E-state index < -0.39 is 0 Å². The first-order chi connectivity index (χ1) is 8.22. The van der Waals surface area contributed by atoms with Crippen LogP contribution in [0.3, 0.4) is 0 Å². The molecule has 0 N–H and O–H groups in total. The fourth-order valence-corrected chi connectivity index (χ4v) is 1.76. The van der Waals surface area contributed by atoms with E-state index in [0.717, 1.165) is 25.2 Å². The number of aromatic nitrogens is 1. The average molecular weight is 231 g/mol. The van der Waals surface area contributed by atoms with Crippen molar-refractivity contribution < 1.29 is 0 Å². The molecule has 0 bridgehead atoms. The number of pyridine rings is 1. The minimum Gasteiger partial charge on any atom is -0.354 e. The van der Waals surface area contributed by atoms with Crippen LogP contribution in [0.4, 0.5) is 5.82 Å². The Morgan fingerprint density at radius 1 is 1.41 bits per heavy atom. The summed E-state index contributed by atoms with van der Waals surface area (Å²) in [6.07, 6.45) is 3.41. The average Bonchev–Trinajstić information content (AvgIpc) is 2.39. The predicted octanol–water partition coefficient (Wildman–Crippen LogP) is 3.36. The Hall–Kier alpha value is -1.56. The van der Waals surface area contributed by atoms with E-state index in [9.17, 15) is 0 Å². The highest BCUT2D eigenvalue weighted by Crippen LogP contribution is 2.17. The Kier molecular flexibility index (Phi) is 5.48. The highest BCUT2D eigenvalue weighted by atomic mass is 15.2. The minimum atomic E-state index is 0.461. The largest absolute Gasteiger partial charge is 0.354 e. The molecule has 0 saturated carbocycles. The maximum Gasteiger partial charge on any atom is 0.142 e. The van der Waals surface area contributed by atoms with Gasteiger partial charge in [0.15, 0.2) is 0 Å². The fourth-order valence-electron chi connectivity index (χ4n) is 1.76. The molecule has 92 valence electrons. The summed E-state index contributed by atoms with van der Waals surface area (Å²) in [5.41, 5.74) is 0.493. The lowest BCUT2D eigenvalue weighted by Crippen LogP contribution is -2.34. The number of unbranched alkanes of at least 4 members (excludes halogenated alkanes) is 1. The molecule has 17 heavy (non-hydrogen) atoms. The second-order valence-corrected chi connectivity index (χ2v) is 4.30. The van der Waals surface area contributed by atoms with Crippen LogP contribution >= 0.6 is 0 Å². The van der Waals surface area contributed by atoms with Gasteiger partial charge in [-0.1, -0.05) is 26.3 Å². The van der Waals surface area contributed by atoms with Crippen molar-refractivity contribution >= 4 is 5.82 Å². The molecule has 1 atom stereocenters. The van der Waals surface area contributed by atoms with Crippen LogP contribution in [0, 0.1) is 11.3 Å². The highest BCUT2D eigenvalue weighted by Gasteiger charge is 2.13. The van der Waals surface area contributed by atoms with Crippen molar-refractivity contribution in [3.05, 3.63) is 23.9 Å². The molecule has 1 heterocycles. The van der Waals surface area contributed by atoms with Crippen LogP contribution in [0.2, 0.25) is 0 Å². The highest BCUT2D eigenvalue weighted by molar-refractivity contribution is 5.42. The van der Waals surface area contributed by atoms with Gasteiger partial charge in [-0.15, -0.1) is 0 Å². The number of rotatable bonds is 6. The Morgan fingerprint density at radius 2 is 2.18 bits per heavy atom. The van der Waals surface area contributed by atoms with Crippen molar-refractivity contribution in [3.8, 4) is 6.07 Å². The molecule has 0 aliphatic carbocycles. The summed E-state index contributed by atoms with van der Waals surface area (Å²) in [6, 6.07) is 8.20. The van der Waals surface area contributed by atoms with Crippen LogP contribution in [0.1, 0.15) is 45.7 Å². The zero-order chi connectivity index (χ0) is 12.7. The zero-order valence-electron chi connectivity index (χ0n) is 11.0. The van der Waals surface area contributed by atoms with E-state index in [-0.39, 0.29) is 0 Å². The first-order valence-corrected chi connectivity index (χ1v) is 6.36. The van der Waals surface area contributed by atoms with Gasteiger partial charge >= 0.3 is 0 Å². The molecule has 1 rings (SSSR count). The topological polar surface area (TPSA) is 39.9 Å². The van der Waals surface area contributed by atoms with Crippen LogP contribution < -0.4 is 4.90 Å². The fraction of sp³-hybridized carbons (Fsp3) is 0.571. The Morgan fingerprint density at radius 3 is 2.76 bits per heavy atom. The summed E-state index contributed by atoms with van der Waals surface area (Å²) in [4.78, 5) is 6.67. The maximum absolute atomic E-state index is 8.88. The monoisotopic (exact) mass is 231 g/mol. The van der Waals surface area contributed by atoms with Crippen molar-refractivity contribution in [1.82, 2.24) is 4.98 Å². The third-order valence-electron chi connectivity index (χ3n) is 3.02. The Bertz CT molecular complexity index is 381. The lowest BCUT2D eigenvalue weighted by atomic mass is 10.2. The van der Waals surface area contributed by atoms with Crippen LogP contribution in [-0.2, 0) is 0 Å². The van der Waals surface area contributed by atoms with E-state index in [2.05, 4.69) is 36.7 Å². The molecule has 0 amide bonds. The molecule has 0 aliphatic heterocycles. The smallest absolute Gasteiger partial charge is 0.142 e. The SMILES string of the molecule is CCCCN(c1cccc(C#N)n1)C(C)CC. The number of hydrogen-bond donors (Lipinski definition) is 0. The first kappa shape index (κ1) is 13.5. The van der Waals surface area contributed by atoms with Crippen molar-refractivity contribution in [3.63, 3.8) is 0 Å². The number of hydrogen-bond acceptors (Lipinski definition) is 3. The minimum absolute atomic E-state index is 0.461. The van der Waals surface area contributed by atoms with E-state index in [1.165, 1.54) is 6.42 Å². The van der Waals surface area contributed by atoms with Crippen molar-refractivity contribution in [1.29, 1.82) is 5.26 Å². The molecule has 3 nitrogen and oxygen atoms in total. The van der Waals surface area contributed by atoms with E-state index >= 15 is 0 Å². The van der Waals surface area contributed by atoms with Gasteiger partial charge in [0.1, 0.15) is 17.6 Å². The molecule has 0 aliphatic rings. The van der Waals surface area contributed by atoms with Gasteiger partial charge < -0.3 is 4.90 Å². The lowest BCUT2D eigenvalue weighted by Gasteiger charge is -2.29. The summed E-state index contributed by atoms with van der Waals surface area (Å²) in [6.45, 7) is 7.58. The third kappa shape index (κ3) is 3.74. The summed E-state index contributed by atoms with van der Waals surface area (Å²) in [5, 5.41) is 8.88. The zero-order valence-corrected chi connectivity index (χ0v) is 11.0. The quantitative estimate of drug-likeness (QED) is 0.753. The molecule has 1 aromatic rings. The van der Waals surface area contributed by atoms with E-state index in [1.54, 1.807) is 6.07 Å². The second-order valence-electron chi connectivity index (χ2n) is 4.30. The molecule has 0 fully saturated rings. The number of anilines is 1. The molecule has 0 saturated heterocycles. The van der Waals surface area contributed by atoms with E-state index in [0.29, 0.717) is 11.7 Å². The summed E-state index contributed by atoms with van der Waals surface area (Å²) in [5.74, 6) is 0.923. The molecule has 3 heteroatoms. The standard InChI is InChI=1S/C14H21N3/c1-4-6-10-17(12(3)5-2)14-9-7-8-13(11-15)16-14/h7-9,12H,4-6,10H2,1-3H3. The Labute approximate surface area is 104 Å². The van der Waals surface area contributed by atoms with Gasteiger partial charge in [-0.05, 0) is 31.9 Å². The van der Waals surface area contributed by atoms with Gasteiger partial charge in [0, 0.05) is 12.6 Å². The van der Waals surface area contributed by atoms with Gasteiger partial charge in [0.2, 0.25) is 0 Å². The van der Waals surface area contributed by atoms with Gasteiger partial charge in [-0.2, -0.15) is 5.26 Å². The molecule has 1 aromatic heterocycles. The normalized spacial score (nSPS) is 11.9. The number of nitrogens with zero attached hydrogens (tertiary/aromatic N) is 3. The predicted molar refractivity (Wildman–Crippen MR) is 71.0 cm³/mol. The lowest BCUT2D eigenvalue weighted by molar-refractivity contribution is 0.589. The second kappa shape index (κ2) is 6.90. The summed E-state index contributed by atoms with van der Waals surface area (Å²) >= 11 is 0. The molecule has 1 unspecified atom stereocenters. The van der Waals surface area contributed by atoms with Crippen LogP contribution in [0.15, 0.2) is 18.2 Å². The third-order valence-corrected chi connectivity index (χ3v) is 3.02. The van der Waals surface area contributed by atoms with Crippen LogP contribution in [0.5, 0.6) is 0 Å². The van der Waals surface area contributed by atoms with Gasteiger partial charge in [0.25, 0.3) is 0 Å².